The molecule has 0 bridgehead atoms. The van der Waals surface area contributed by atoms with Crippen LogP contribution in [-0.4, -0.2) is 36.9 Å². The van der Waals surface area contributed by atoms with E-state index in [1.54, 1.807) is 25.1 Å². The molecule has 0 aliphatic rings. The minimum Gasteiger partial charge on any atom is -0.466 e. The normalized spacial score (nSPS) is 13.3. The van der Waals surface area contributed by atoms with E-state index in [4.69, 9.17) is 11.6 Å². The van der Waals surface area contributed by atoms with E-state index < -0.39 is 29.3 Å². The highest BCUT2D eigenvalue weighted by molar-refractivity contribution is 6.30. The van der Waals surface area contributed by atoms with Crippen molar-refractivity contribution in [2.45, 2.75) is 18.7 Å². The number of carbonyl (C=O) groups excluding carboxylic acids is 2. The Morgan fingerprint density at radius 2 is 1.79 bits per heavy atom. The van der Waals surface area contributed by atoms with Crippen LogP contribution in [0.25, 0.3) is 0 Å². The van der Waals surface area contributed by atoms with Crippen molar-refractivity contribution in [1.29, 1.82) is 0 Å². The highest BCUT2D eigenvalue weighted by Crippen LogP contribution is 2.40. The summed E-state index contributed by atoms with van der Waals surface area (Å²) in [6, 6.07) is 10.1. The molecule has 2 aromatic rings. The molecule has 2 N–H and O–H groups in total. The summed E-state index contributed by atoms with van der Waals surface area (Å²) in [6.45, 7) is 1.87. The van der Waals surface area contributed by atoms with Gasteiger partial charge in [0.2, 0.25) is 0 Å². The monoisotopic (exact) mass is 430 g/mol. The fourth-order valence-electron chi connectivity index (χ4n) is 2.63. The molecule has 1 atom stereocenters. The number of urea groups is 1. The highest BCUT2D eigenvalue weighted by Gasteiger charge is 2.62. The number of esters is 1. The molecule has 10 heteroatoms. The standard InChI is InChI=1S/C19H18ClF3N2O4/c1-3-25(17(27)24-14-6-4-5-13(20)11-14)15-9-7-12(8-10-15)18(28,16(26)29-2)19(21,22)23/h4-11,28H,3H2,1-2H3,(H,24,27)/t18-/m0/s1. The molecule has 0 aromatic heterocycles. The third-order valence-electron chi connectivity index (χ3n) is 4.13. The second-order valence-electron chi connectivity index (χ2n) is 5.93. The van der Waals surface area contributed by atoms with Gasteiger partial charge < -0.3 is 15.2 Å². The predicted octanol–water partition coefficient (Wildman–Crippen LogP) is 4.32. The maximum Gasteiger partial charge on any atom is 0.432 e. The summed E-state index contributed by atoms with van der Waals surface area (Å²) in [5.41, 5.74) is -3.85. The van der Waals surface area contributed by atoms with Crippen molar-refractivity contribution in [2.24, 2.45) is 0 Å². The van der Waals surface area contributed by atoms with Crippen molar-refractivity contribution in [3.05, 3.63) is 59.1 Å². The Balaban J connectivity index is 2.31. The van der Waals surface area contributed by atoms with Gasteiger partial charge in [-0.1, -0.05) is 29.8 Å². The minimum atomic E-state index is -5.30. The van der Waals surface area contributed by atoms with Crippen LogP contribution in [0.15, 0.2) is 48.5 Å². The molecule has 0 spiro atoms. The predicted molar refractivity (Wildman–Crippen MR) is 102 cm³/mol. The molecule has 0 aliphatic heterocycles. The number of alkyl halides is 3. The average Bonchev–Trinajstić information content (AvgIpc) is 2.67. The second kappa shape index (κ2) is 8.71. The molecule has 0 saturated carbocycles. The lowest BCUT2D eigenvalue weighted by Crippen LogP contribution is -2.49. The smallest absolute Gasteiger partial charge is 0.432 e. The topological polar surface area (TPSA) is 78.9 Å². The van der Waals surface area contributed by atoms with Crippen LogP contribution < -0.4 is 10.2 Å². The van der Waals surface area contributed by atoms with Crippen molar-refractivity contribution in [2.75, 3.05) is 23.9 Å². The van der Waals surface area contributed by atoms with Crippen LogP contribution >= 0.6 is 11.6 Å². The lowest BCUT2D eigenvalue weighted by atomic mass is 9.93. The molecule has 2 rings (SSSR count). The Hall–Kier alpha value is -2.78. The van der Waals surface area contributed by atoms with Crippen LogP contribution in [0.5, 0.6) is 0 Å². The van der Waals surface area contributed by atoms with Gasteiger partial charge >= 0.3 is 18.2 Å². The molecule has 0 fully saturated rings. The number of carbonyl (C=O) groups is 2. The molecule has 0 radical (unpaired) electrons. The van der Waals surface area contributed by atoms with Crippen LogP contribution in [0.4, 0.5) is 29.3 Å². The minimum absolute atomic E-state index is 0.201. The number of rotatable bonds is 5. The van der Waals surface area contributed by atoms with Gasteiger partial charge in [-0.2, -0.15) is 13.2 Å². The van der Waals surface area contributed by atoms with Gasteiger partial charge in [-0.15, -0.1) is 0 Å². The van der Waals surface area contributed by atoms with Gasteiger partial charge in [0.05, 0.1) is 7.11 Å². The second-order valence-corrected chi connectivity index (χ2v) is 6.37. The molecule has 0 saturated heterocycles. The summed E-state index contributed by atoms with van der Waals surface area (Å²) in [5, 5.41) is 13.0. The molecule has 0 heterocycles. The van der Waals surface area contributed by atoms with Gasteiger partial charge in [0.1, 0.15) is 0 Å². The highest BCUT2D eigenvalue weighted by atomic mass is 35.5. The van der Waals surface area contributed by atoms with Crippen LogP contribution in [0, 0.1) is 0 Å². The summed E-state index contributed by atoms with van der Waals surface area (Å²) in [4.78, 5) is 25.4. The third kappa shape index (κ3) is 4.63. The van der Waals surface area contributed by atoms with E-state index in [-0.39, 0.29) is 12.2 Å². The molecule has 29 heavy (non-hydrogen) atoms. The molecular weight excluding hydrogens is 413 g/mol. The van der Waals surface area contributed by atoms with E-state index in [2.05, 4.69) is 10.1 Å². The molecule has 2 aromatic carbocycles. The fourth-order valence-corrected chi connectivity index (χ4v) is 2.82. The summed E-state index contributed by atoms with van der Waals surface area (Å²) >= 11 is 5.87. The summed E-state index contributed by atoms with van der Waals surface area (Å²) in [7, 11) is 0.742. The summed E-state index contributed by atoms with van der Waals surface area (Å²) in [6.07, 6.45) is -5.30. The number of hydrogen-bond acceptors (Lipinski definition) is 4. The number of anilines is 2. The Morgan fingerprint density at radius 1 is 1.17 bits per heavy atom. The Bertz CT molecular complexity index is 890. The first kappa shape index (κ1) is 22.5. The van der Waals surface area contributed by atoms with E-state index >= 15 is 0 Å². The number of benzene rings is 2. The van der Waals surface area contributed by atoms with Gasteiger partial charge in [-0.25, -0.2) is 9.59 Å². The lowest BCUT2D eigenvalue weighted by molar-refractivity contribution is -0.266. The van der Waals surface area contributed by atoms with Crippen LogP contribution in [0.1, 0.15) is 12.5 Å². The summed E-state index contributed by atoms with van der Waals surface area (Å²) < 4.78 is 44.1. The molecule has 156 valence electrons. The number of hydrogen-bond donors (Lipinski definition) is 2. The zero-order chi connectivity index (χ0) is 21.8. The Kier molecular flexibility index (Phi) is 6.76. The maximum absolute atomic E-state index is 13.3. The number of nitrogens with zero attached hydrogens (tertiary/aromatic N) is 1. The number of halogens is 4. The van der Waals surface area contributed by atoms with E-state index in [1.807, 2.05) is 0 Å². The van der Waals surface area contributed by atoms with Gasteiger partial charge in [-0.05, 0) is 37.3 Å². The summed E-state index contributed by atoms with van der Waals surface area (Å²) in [5.74, 6) is -1.86. The van der Waals surface area contributed by atoms with Crippen molar-refractivity contribution in [3.63, 3.8) is 0 Å². The van der Waals surface area contributed by atoms with E-state index in [0.717, 1.165) is 19.2 Å². The van der Waals surface area contributed by atoms with Gasteiger partial charge in [0.15, 0.2) is 0 Å². The van der Waals surface area contributed by atoms with Crippen molar-refractivity contribution >= 4 is 35.0 Å². The van der Waals surface area contributed by atoms with Crippen LogP contribution in [0.3, 0.4) is 0 Å². The zero-order valence-electron chi connectivity index (χ0n) is 15.5. The maximum atomic E-state index is 13.3. The van der Waals surface area contributed by atoms with Gasteiger partial charge in [0.25, 0.3) is 5.60 Å². The fraction of sp³-hybridized carbons (Fsp3) is 0.263. The van der Waals surface area contributed by atoms with Crippen molar-refractivity contribution in [3.8, 4) is 0 Å². The molecule has 0 aliphatic carbocycles. The van der Waals surface area contributed by atoms with E-state index in [1.165, 1.54) is 23.1 Å². The van der Waals surface area contributed by atoms with Crippen molar-refractivity contribution in [1.82, 2.24) is 0 Å². The number of aliphatic hydroxyl groups is 1. The van der Waals surface area contributed by atoms with E-state index in [9.17, 15) is 27.9 Å². The molecule has 2 amide bonds. The molecule has 6 nitrogen and oxygen atoms in total. The molecule has 0 unspecified atom stereocenters. The Morgan fingerprint density at radius 3 is 2.28 bits per heavy atom. The van der Waals surface area contributed by atoms with Gasteiger partial charge in [-0.3, -0.25) is 4.90 Å². The SMILES string of the molecule is CCN(C(=O)Nc1cccc(Cl)c1)c1ccc([C@](O)(C(=O)OC)C(F)(F)F)cc1. The first-order valence-electron chi connectivity index (χ1n) is 8.36. The largest absolute Gasteiger partial charge is 0.466 e. The lowest BCUT2D eigenvalue weighted by Gasteiger charge is -2.28. The number of ether oxygens (including phenoxy) is 1. The number of amides is 2. The van der Waals surface area contributed by atoms with Gasteiger partial charge in [0, 0.05) is 28.5 Å². The molecular formula is C19H18ClF3N2O4. The average molecular weight is 431 g/mol. The zero-order valence-corrected chi connectivity index (χ0v) is 16.2. The first-order chi connectivity index (χ1) is 13.5. The Labute approximate surface area is 169 Å². The third-order valence-corrected chi connectivity index (χ3v) is 4.36. The van der Waals surface area contributed by atoms with Crippen molar-refractivity contribution < 1.29 is 32.6 Å². The van der Waals surface area contributed by atoms with E-state index in [0.29, 0.717) is 10.7 Å². The van der Waals surface area contributed by atoms with Crippen LogP contribution in [0.2, 0.25) is 5.02 Å². The van der Waals surface area contributed by atoms with Crippen LogP contribution in [-0.2, 0) is 15.1 Å². The number of methoxy groups -OCH3 is 1. The first-order valence-corrected chi connectivity index (χ1v) is 8.74. The number of nitrogens with one attached hydrogen (secondary N) is 1. The quantitative estimate of drug-likeness (QED) is 0.692.